The van der Waals surface area contributed by atoms with Crippen molar-refractivity contribution in [2.75, 3.05) is 26.9 Å². The number of hydrogen-bond acceptors (Lipinski definition) is 3. The Bertz CT molecular complexity index is 422. The van der Waals surface area contributed by atoms with E-state index in [0.29, 0.717) is 24.8 Å². The highest BCUT2D eigenvalue weighted by Crippen LogP contribution is 2.41. The fourth-order valence-electron chi connectivity index (χ4n) is 1.88. The van der Waals surface area contributed by atoms with E-state index >= 15 is 0 Å². The van der Waals surface area contributed by atoms with E-state index in [1.54, 1.807) is 7.11 Å². The average Bonchev–Trinajstić information content (AvgIpc) is 2.38. The molecule has 2 atom stereocenters. The van der Waals surface area contributed by atoms with Crippen LogP contribution in [0.15, 0.2) is 16.6 Å². The minimum absolute atomic E-state index is 0.0252. The maximum atomic E-state index is 6.08. The molecule has 2 unspecified atom stereocenters. The number of halogens is 3. The molecule has 18 heavy (non-hydrogen) atoms. The van der Waals surface area contributed by atoms with E-state index < -0.39 is 0 Å². The quantitative estimate of drug-likeness (QED) is 0.719. The molecule has 1 aliphatic heterocycles. The summed E-state index contributed by atoms with van der Waals surface area (Å²) in [6.07, 6.45) is -0.0435. The smallest absolute Gasteiger partial charge is 0.137 e. The van der Waals surface area contributed by atoms with Crippen molar-refractivity contribution in [3.8, 4) is 5.75 Å². The Labute approximate surface area is 128 Å². The second-order valence-electron chi connectivity index (χ2n) is 3.90. The number of rotatable bonds is 3. The van der Waals surface area contributed by atoms with Crippen LogP contribution in [-0.4, -0.2) is 33.0 Å². The first-order valence-electron chi connectivity index (χ1n) is 5.50. The van der Waals surface area contributed by atoms with Gasteiger partial charge in [-0.15, -0.1) is 0 Å². The Morgan fingerprint density at radius 1 is 1.44 bits per heavy atom. The van der Waals surface area contributed by atoms with Crippen molar-refractivity contribution in [1.29, 1.82) is 0 Å². The summed E-state index contributed by atoms with van der Waals surface area (Å²) >= 11 is 13.2. The van der Waals surface area contributed by atoms with E-state index in [9.17, 15) is 0 Å². The minimum Gasteiger partial charge on any atom is -0.495 e. The number of benzene rings is 1. The molecule has 3 nitrogen and oxygen atoms in total. The summed E-state index contributed by atoms with van der Waals surface area (Å²) in [5.74, 6) is 0.760. The first kappa shape index (κ1) is 14.6. The lowest BCUT2D eigenvalue weighted by atomic mass is 10.1. The standard InChI is InChI=1S/C12H13Br2ClO3/c1-16-12-8(4-7(15)5-9(12)13)11(14)10-6-17-2-3-18-10/h4-5,10-11H,2-3,6H2,1H3. The summed E-state index contributed by atoms with van der Waals surface area (Å²) < 4.78 is 17.3. The zero-order valence-corrected chi connectivity index (χ0v) is 13.7. The molecule has 1 saturated heterocycles. The molecule has 0 bridgehead atoms. The van der Waals surface area contributed by atoms with E-state index in [-0.39, 0.29) is 10.9 Å². The largest absolute Gasteiger partial charge is 0.495 e. The SMILES string of the molecule is COc1c(Br)cc(Cl)cc1C(Br)C1COCCO1. The molecule has 1 aliphatic rings. The predicted molar refractivity (Wildman–Crippen MR) is 77.9 cm³/mol. The Morgan fingerprint density at radius 2 is 2.22 bits per heavy atom. The first-order valence-corrected chi connectivity index (χ1v) is 7.58. The molecule has 1 fully saturated rings. The van der Waals surface area contributed by atoms with Gasteiger partial charge in [-0.3, -0.25) is 0 Å². The van der Waals surface area contributed by atoms with Crippen molar-refractivity contribution in [3.63, 3.8) is 0 Å². The van der Waals surface area contributed by atoms with E-state index in [4.69, 9.17) is 25.8 Å². The van der Waals surface area contributed by atoms with Crippen LogP contribution in [0.3, 0.4) is 0 Å². The summed E-state index contributed by atoms with van der Waals surface area (Å²) in [6.45, 7) is 1.81. The number of ether oxygens (including phenoxy) is 3. The Hall–Kier alpha value is 0.190. The highest BCUT2D eigenvalue weighted by Gasteiger charge is 2.27. The monoisotopic (exact) mass is 398 g/mol. The Balaban J connectivity index is 2.30. The zero-order valence-electron chi connectivity index (χ0n) is 9.79. The zero-order chi connectivity index (χ0) is 13.1. The molecule has 0 aliphatic carbocycles. The second kappa shape index (κ2) is 6.57. The Morgan fingerprint density at radius 3 is 2.83 bits per heavy atom. The van der Waals surface area contributed by atoms with Crippen LogP contribution in [-0.2, 0) is 9.47 Å². The third kappa shape index (κ3) is 3.20. The maximum absolute atomic E-state index is 6.08. The number of alkyl halides is 1. The van der Waals surface area contributed by atoms with Gasteiger partial charge in [0.2, 0.25) is 0 Å². The van der Waals surface area contributed by atoms with Crippen molar-refractivity contribution in [2.24, 2.45) is 0 Å². The molecule has 100 valence electrons. The summed E-state index contributed by atoms with van der Waals surface area (Å²) in [5, 5.41) is 0.652. The molecule has 6 heteroatoms. The molecule has 0 saturated carbocycles. The van der Waals surface area contributed by atoms with Crippen molar-refractivity contribution >= 4 is 43.5 Å². The molecular weight excluding hydrogens is 387 g/mol. The molecule has 1 heterocycles. The molecule has 0 N–H and O–H groups in total. The lowest BCUT2D eigenvalue weighted by Crippen LogP contribution is -2.31. The van der Waals surface area contributed by atoms with Crippen LogP contribution in [0.1, 0.15) is 10.4 Å². The van der Waals surface area contributed by atoms with Crippen molar-refractivity contribution in [3.05, 3.63) is 27.2 Å². The third-order valence-electron chi connectivity index (χ3n) is 2.71. The molecular formula is C12H13Br2ClO3. The summed E-state index contributed by atoms with van der Waals surface area (Å²) in [6, 6.07) is 3.68. The number of methoxy groups -OCH3 is 1. The van der Waals surface area contributed by atoms with Crippen molar-refractivity contribution in [2.45, 2.75) is 10.9 Å². The van der Waals surface area contributed by atoms with E-state index in [1.807, 2.05) is 12.1 Å². The molecule has 1 aromatic rings. The lowest BCUT2D eigenvalue weighted by molar-refractivity contribution is -0.0877. The minimum atomic E-state index is -0.0435. The van der Waals surface area contributed by atoms with E-state index in [2.05, 4.69) is 31.9 Å². The average molecular weight is 400 g/mol. The van der Waals surface area contributed by atoms with Gasteiger partial charge in [0.15, 0.2) is 0 Å². The highest BCUT2D eigenvalue weighted by molar-refractivity contribution is 9.10. The first-order chi connectivity index (χ1) is 8.63. The molecule has 0 aromatic heterocycles. The van der Waals surface area contributed by atoms with Crippen LogP contribution in [0, 0.1) is 0 Å². The van der Waals surface area contributed by atoms with Gasteiger partial charge in [0.1, 0.15) is 5.75 Å². The van der Waals surface area contributed by atoms with Gasteiger partial charge in [0, 0.05) is 10.6 Å². The van der Waals surface area contributed by atoms with Gasteiger partial charge >= 0.3 is 0 Å². The van der Waals surface area contributed by atoms with E-state index in [0.717, 1.165) is 15.8 Å². The summed E-state index contributed by atoms with van der Waals surface area (Å²) in [5.41, 5.74) is 0.951. The van der Waals surface area contributed by atoms with Gasteiger partial charge < -0.3 is 14.2 Å². The van der Waals surface area contributed by atoms with Crippen LogP contribution in [0.25, 0.3) is 0 Å². The highest BCUT2D eigenvalue weighted by atomic mass is 79.9. The summed E-state index contributed by atoms with van der Waals surface area (Å²) in [4.78, 5) is -0.0252. The van der Waals surface area contributed by atoms with Gasteiger partial charge in [-0.25, -0.2) is 0 Å². The molecule has 0 amide bonds. The van der Waals surface area contributed by atoms with Crippen LogP contribution < -0.4 is 4.74 Å². The van der Waals surface area contributed by atoms with Crippen molar-refractivity contribution in [1.82, 2.24) is 0 Å². The predicted octanol–water partition coefficient (Wildman–Crippen LogP) is 3.96. The van der Waals surface area contributed by atoms with Crippen LogP contribution >= 0.6 is 43.5 Å². The molecule has 0 spiro atoms. The second-order valence-corrected chi connectivity index (χ2v) is 6.17. The van der Waals surface area contributed by atoms with Crippen molar-refractivity contribution < 1.29 is 14.2 Å². The Kier molecular flexibility index (Phi) is 5.33. The maximum Gasteiger partial charge on any atom is 0.137 e. The summed E-state index contributed by atoms with van der Waals surface area (Å²) in [7, 11) is 1.63. The third-order valence-corrected chi connectivity index (χ3v) is 4.60. The van der Waals surface area contributed by atoms with Crippen LogP contribution in [0.2, 0.25) is 5.02 Å². The van der Waals surface area contributed by atoms with Crippen LogP contribution in [0.5, 0.6) is 5.75 Å². The normalized spacial score (nSPS) is 21.7. The number of hydrogen-bond donors (Lipinski definition) is 0. The van der Waals surface area contributed by atoms with E-state index in [1.165, 1.54) is 0 Å². The lowest BCUT2D eigenvalue weighted by Gasteiger charge is -2.28. The van der Waals surface area contributed by atoms with Gasteiger partial charge in [0.25, 0.3) is 0 Å². The topological polar surface area (TPSA) is 27.7 Å². The fourth-order valence-corrected chi connectivity index (χ4v) is 3.52. The van der Waals surface area contributed by atoms with Gasteiger partial charge in [-0.2, -0.15) is 0 Å². The molecule has 2 rings (SSSR count). The fraction of sp³-hybridized carbons (Fsp3) is 0.500. The van der Waals surface area contributed by atoms with Crippen LogP contribution in [0.4, 0.5) is 0 Å². The van der Waals surface area contributed by atoms with Gasteiger partial charge in [-0.1, -0.05) is 27.5 Å². The molecule has 1 aromatic carbocycles. The molecule has 0 radical (unpaired) electrons. The van der Waals surface area contributed by atoms with Gasteiger partial charge in [-0.05, 0) is 28.1 Å². The van der Waals surface area contributed by atoms with Gasteiger partial charge in [0.05, 0.1) is 42.3 Å².